The first-order chi connectivity index (χ1) is 11.7. The van der Waals surface area contributed by atoms with Gasteiger partial charge in [-0.05, 0) is 24.3 Å². The van der Waals surface area contributed by atoms with Crippen molar-refractivity contribution in [3.63, 3.8) is 0 Å². The summed E-state index contributed by atoms with van der Waals surface area (Å²) in [5, 5.41) is 9.12. The van der Waals surface area contributed by atoms with Gasteiger partial charge in [0.05, 0.1) is 12.2 Å². The van der Waals surface area contributed by atoms with E-state index in [1.165, 1.54) is 0 Å². The molecule has 0 unspecified atom stereocenters. The summed E-state index contributed by atoms with van der Waals surface area (Å²) >= 11 is 0. The number of aromatic nitrogens is 2. The summed E-state index contributed by atoms with van der Waals surface area (Å²) in [6.45, 7) is 1.86. The largest absolute Gasteiger partial charge is 0.455 e. The van der Waals surface area contributed by atoms with Crippen LogP contribution in [0.15, 0.2) is 59.1 Å². The number of rotatable bonds is 5. The number of nitrogens with zero attached hydrogens (tertiary/aromatic N) is 2. The second kappa shape index (κ2) is 7.28. The van der Waals surface area contributed by atoms with Crippen molar-refractivity contribution in [3.05, 3.63) is 66.3 Å². The SMILES string of the molecule is Cc1nc(CNC(=O)Nc2ccccc2Oc2ccccc2)no1. The molecule has 0 aliphatic heterocycles. The minimum Gasteiger partial charge on any atom is -0.455 e. The van der Waals surface area contributed by atoms with Crippen molar-refractivity contribution in [2.24, 2.45) is 0 Å². The first kappa shape index (κ1) is 15.5. The molecule has 24 heavy (non-hydrogen) atoms. The van der Waals surface area contributed by atoms with Crippen molar-refractivity contribution in [2.75, 3.05) is 5.32 Å². The summed E-state index contributed by atoms with van der Waals surface area (Å²) in [6.07, 6.45) is 0. The molecule has 7 heteroatoms. The van der Waals surface area contributed by atoms with Gasteiger partial charge in [-0.2, -0.15) is 4.98 Å². The van der Waals surface area contributed by atoms with Gasteiger partial charge in [-0.15, -0.1) is 0 Å². The van der Waals surface area contributed by atoms with Gasteiger partial charge in [-0.25, -0.2) is 4.79 Å². The number of anilines is 1. The number of ether oxygens (including phenoxy) is 1. The van der Waals surface area contributed by atoms with Gasteiger partial charge in [0.25, 0.3) is 0 Å². The molecule has 0 atom stereocenters. The first-order valence-electron chi connectivity index (χ1n) is 7.37. The van der Waals surface area contributed by atoms with Gasteiger partial charge in [0.2, 0.25) is 5.89 Å². The molecule has 2 N–H and O–H groups in total. The normalized spacial score (nSPS) is 10.2. The Balaban J connectivity index is 1.63. The van der Waals surface area contributed by atoms with E-state index in [1.807, 2.05) is 42.5 Å². The van der Waals surface area contributed by atoms with E-state index >= 15 is 0 Å². The van der Waals surface area contributed by atoms with Crippen LogP contribution in [0.2, 0.25) is 0 Å². The molecule has 1 aromatic heterocycles. The number of benzene rings is 2. The lowest BCUT2D eigenvalue weighted by molar-refractivity contribution is 0.251. The van der Waals surface area contributed by atoms with Crippen LogP contribution in [-0.2, 0) is 6.54 Å². The fourth-order valence-corrected chi connectivity index (χ4v) is 2.01. The molecule has 0 fully saturated rings. The maximum Gasteiger partial charge on any atom is 0.319 e. The minimum absolute atomic E-state index is 0.172. The topological polar surface area (TPSA) is 89.3 Å². The predicted molar refractivity (Wildman–Crippen MR) is 87.9 cm³/mol. The number of urea groups is 1. The predicted octanol–water partition coefficient (Wildman–Crippen LogP) is 3.49. The van der Waals surface area contributed by atoms with Crippen molar-refractivity contribution >= 4 is 11.7 Å². The summed E-state index contributed by atoms with van der Waals surface area (Å²) in [5.41, 5.74) is 0.558. The minimum atomic E-state index is -0.387. The number of hydrogen-bond donors (Lipinski definition) is 2. The third-order valence-electron chi connectivity index (χ3n) is 3.08. The quantitative estimate of drug-likeness (QED) is 0.750. The third-order valence-corrected chi connectivity index (χ3v) is 3.08. The highest BCUT2D eigenvalue weighted by molar-refractivity contribution is 5.90. The van der Waals surface area contributed by atoms with E-state index in [0.29, 0.717) is 28.9 Å². The average Bonchev–Trinajstić information content (AvgIpc) is 3.01. The van der Waals surface area contributed by atoms with Crippen LogP contribution in [0.4, 0.5) is 10.5 Å². The van der Waals surface area contributed by atoms with Gasteiger partial charge in [0, 0.05) is 6.92 Å². The summed E-state index contributed by atoms with van der Waals surface area (Å²) in [4.78, 5) is 16.1. The molecule has 0 aliphatic rings. The molecule has 3 rings (SSSR count). The summed E-state index contributed by atoms with van der Waals surface area (Å²) in [7, 11) is 0. The van der Waals surface area contributed by atoms with Crippen molar-refractivity contribution < 1.29 is 14.1 Å². The van der Waals surface area contributed by atoms with E-state index in [9.17, 15) is 4.79 Å². The summed E-state index contributed by atoms with van der Waals surface area (Å²) < 4.78 is 10.6. The van der Waals surface area contributed by atoms with Gasteiger partial charge in [0.15, 0.2) is 11.6 Å². The Hall–Kier alpha value is -3.35. The Bertz CT molecular complexity index is 817. The number of para-hydroxylation sites is 3. The number of amides is 2. The Morgan fingerprint density at radius 3 is 2.62 bits per heavy atom. The molecule has 3 aromatic rings. The van der Waals surface area contributed by atoms with Gasteiger partial charge in [-0.1, -0.05) is 35.5 Å². The van der Waals surface area contributed by atoms with Crippen molar-refractivity contribution in [1.29, 1.82) is 0 Å². The van der Waals surface area contributed by atoms with E-state index < -0.39 is 0 Å². The molecule has 0 bridgehead atoms. The Kier molecular flexibility index (Phi) is 4.71. The van der Waals surface area contributed by atoms with Crippen molar-refractivity contribution in [2.45, 2.75) is 13.5 Å². The highest BCUT2D eigenvalue weighted by atomic mass is 16.5. The Morgan fingerprint density at radius 1 is 1.12 bits per heavy atom. The number of hydrogen-bond acceptors (Lipinski definition) is 5. The van der Waals surface area contributed by atoms with Crippen LogP contribution >= 0.6 is 0 Å². The van der Waals surface area contributed by atoms with Crippen molar-refractivity contribution in [1.82, 2.24) is 15.5 Å². The van der Waals surface area contributed by atoms with Crippen LogP contribution in [0.1, 0.15) is 11.7 Å². The van der Waals surface area contributed by atoms with E-state index in [0.717, 1.165) is 0 Å². The number of carbonyl (C=O) groups excluding carboxylic acids is 1. The molecular weight excluding hydrogens is 308 g/mol. The highest BCUT2D eigenvalue weighted by Gasteiger charge is 2.09. The van der Waals surface area contributed by atoms with Crippen LogP contribution in [0.3, 0.4) is 0 Å². The van der Waals surface area contributed by atoms with Crippen LogP contribution in [0.25, 0.3) is 0 Å². The van der Waals surface area contributed by atoms with Crippen molar-refractivity contribution in [3.8, 4) is 11.5 Å². The monoisotopic (exact) mass is 324 g/mol. The van der Waals surface area contributed by atoms with E-state index in [1.54, 1.807) is 19.1 Å². The molecule has 0 saturated heterocycles. The lowest BCUT2D eigenvalue weighted by Crippen LogP contribution is -2.28. The zero-order valence-corrected chi connectivity index (χ0v) is 13.0. The Labute approximate surface area is 138 Å². The molecule has 0 spiro atoms. The molecule has 0 aliphatic carbocycles. The molecule has 2 aromatic carbocycles. The van der Waals surface area contributed by atoms with Gasteiger partial charge in [-0.3, -0.25) is 0 Å². The van der Waals surface area contributed by atoms with Gasteiger partial charge < -0.3 is 19.9 Å². The Morgan fingerprint density at radius 2 is 1.88 bits per heavy atom. The highest BCUT2D eigenvalue weighted by Crippen LogP contribution is 2.28. The third kappa shape index (κ3) is 4.10. The van der Waals surface area contributed by atoms with E-state index in [-0.39, 0.29) is 12.6 Å². The maximum absolute atomic E-state index is 12.0. The van der Waals surface area contributed by atoms with E-state index in [2.05, 4.69) is 20.8 Å². The molecule has 122 valence electrons. The number of carbonyl (C=O) groups is 1. The molecular formula is C17H16N4O3. The van der Waals surface area contributed by atoms with Crippen LogP contribution in [0, 0.1) is 6.92 Å². The second-order valence-corrected chi connectivity index (χ2v) is 4.95. The molecule has 2 amide bonds. The number of aryl methyl sites for hydroxylation is 1. The zero-order chi connectivity index (χ0) is 16.8. The smallest absolute Gasteiger partial charge is 0.319 e. The fourth-order valence-electron chi connectivity index (χ4n) is 2.01. The van der Waals surface area contributed by atoms with Gasteiger partial charge >= 0.3 is 6.03 Å². The van der Waals surface area contributed by atoms with Gasteiger partial charge in [0.1, 0.15) is 5.75 Å². The van der Waals surface area contributed by atoms with Crippen LogP contribution in [-0.4, -0.2) is 16.2 Å². The lowest BCUT2D eigenvalue weighted by Gasteiger charge is -2.12. The molecule has 7 nitrogen and oxygen atoms in total. The summed E-state index contributed by atoms with van der Waals surface area (Å²) in [6, 6.07) is 16.2. The molecule has 1 heterocycles. The lowest BCUT2D eigenvalue weighted by atomic mass is 10.3. The van der Waals surface area contributed by atoms with Crippen LogP contribution in [0.5, 0.6) is 11.5 Å². The summed E-state index contributed by atoms with van der Waals surface area (Å²) in [5.74, 6) is 2.11. The van der Waals surface area contributed by atoms with Crippen LogP contribution < -0.4 is 15.4 Å². The number of nitrogens with one attached hydrogen (secondary N) is 2. The maximum atomic E-state index is 12.0. The average molecular weight is 324 g/mol. The fraction of sp³-hybridized carbons (Fsp3) is 0.118. The zero-order valence-electron chi connectivity index (χ0n) is 13.0. The first-order valence-corrected chi connectivity index (χ1v) is 7.37. The molecule has 0 saturated carbocycles. The molecule has 0 radical (unpaired) electrons. The second-order valence-electron chi connectivity index (χ2n) is 4.95. The standard InChI is InChI=1S/C17H16N4O3/c1-12-19-16(21-24-12)11-18-17(22)20-14-9-5-6-10-15(14)23-13-7-3-2-4-8-13/h2-10H,11H2,1H3,(H2,18,20,22). The van der Waals surface area contributed by atoms with E-state index in [4.69, 9.17) is 9.26 Å².